The fourth-order valence-corrected chi connectivity index (χ4v) is 2.19. The van der Waals surface area contributed by atoms with E-state index in [4.69, 9.17) is 0 Å². The van der Waals surface area contributed by atoms with E-state index in [1.54, 1.807) is 19.1 Å². The van der Waals surface area contributed by atoms with E-state index in [1.807, 2.05) is 6.92 Å². The molecule has 2 aromatic carbocycles. The van der Waals surface area contributed by atoms with Crippen LogP contribution < -0.4 is 4.74 Å². The van der Waals surface area contributed by atoms with Crippen molar-refractivity contribution in [3.8, 4) is 5.75 Å². The van der Waals surface area contributed by atoms with Crippen molar-refractivity contribution in [3.63, 3.8) is 0 Å². The van der Waals surface area contributed by atoms with E-state index in [2.05, 4.69) is 4.74 Å². The number of hydrogen-bond acceptors (Lipinski definition) is 2. The van der Waals surface area contributed by atoms with Gasteiger partial charge in [-0.1, -0.05) is 31.0 Å². The number of aryl methyl sites for hydroxylation is 2. The smallest absolute Gasteiger partial charge is 0.344 e. The Bertz CT molecular complexity index is 773. The van der Waals surface area contributed by atoms with Gasteiger partial charge in [-0.3, -0.25) is 0 Å². The van der Waals surface area contributed by atoms with E-state index in [1.165, 1.54) is 6.07 Å². The van der Waals surface area contributed by atoms with Crippen molar-refractivity contribution in [2.24, 2.45) is 0 Å². The first-order valence-electron chi connectivity index (χ1n) is 7.11. The first-order valence-corrected chi connectivity index (χ1v) is 7.11. The van der Waals surface area contributed by atoms with Crippen LogP contribution >= 0.6 is 0 Å². The van der Waals surface area contributed by atoms with E-state index >= 15 is 0 Å². The molecule has 0 aliphatic rings. The largest absolute Gasteiger partial charge is 0.416 e. The highest BCUT2D eigenvalue weighted by atomic mass is 19.2. The molecule has 0 heterocycles. The summed E-state index contributed by atoms with van der Waals surface area (Å²) in [4.78, 5) is 12.2. The van der Waals surface area contributed by atoms with Crippen LogP contribution in [0.2, 0.25) is 0 Å². The number of benzene rings is 2. The van der Waals surface area contributed by atoms with Crippen LogP contribution in [0.25, 0.3) is 0 Å². The van der Waals surface area contributed by atoms with Gasteiger partial charge in [0.05, 0.1) is 5.56 Å². The molecule has 128 valence electrons. The Balaban J connectivity index is 2.47. The molecular formula is C17H13F5O2. The van der Waals surface area contributed by atoms with Crippen molar-refractivity contribution >= 4 is 5.97 Å². The van der Waals surface area contributed by atoms with Gasteiger partial charge in [-0.25, -0.2) is 18.0 Å². The molecule has 2 nitrogen and oxygen atoms in total. The average molecular weight is 344 g/mol. The summed E-state index contributed by atoms with van der Waals surface area (Å²) in [6.45, 7) is 3.55. The molecule has 2 rings (SSSR count). The second kappa shape index (κ2) is 6.98. The average Bonchev–Trinajstić information content (AvgIpc) is 2.56. The van der Waals surface area contributed by atoms with Gasteiger partial charge in [0.1, 0.15) is 0 Å². The standard InChI is InChI=1S/C17H13F5O2/c1-3-4-9-6-5-8(2)7-10(9)17(23)24-16-14(21)12(19)11(18)13(20)15(16)22/h5-7H,3-4H2,1-2H3. The molecule has 0 saturated carbocycles. The molecule has 0 radical (unpaired) electrons. The number of esters is 1. The third-order valence-electron chi connectivity index (χ3n) is 3.37. The summed E-state index contributed by atoms with van der Waals surface area (Å²) >= 11 is 0. The van der Waals surface area contributed by atoms with Gasteiger partial charge in [0.25, 0.3) is 0 Å². The number of ether oxygens (including phenoxy) is 1. The predicted octanol–water partition coefficient (Wildman–Crippen LogP) is 4.86. The van der Waals surface area contributed by atoms with E-state index in [9.17, 15) is 26.7 Å². The van der Waals surface area contributed by atoms with Crippen LogP contribution in [0.1, 0.15) is 34.8 Å². The second-order valence-electron chi connectivity index (χ2n) is 5.20. The highest BCUT2D eigenvalue weighted by Gasteiger charge is 2.29. The monoisotopic (exact) mass is 344 g/mol. The maximum Gasteiger partial charge on any atom is 0.344 e. The molecule has 0 spiro atoms. The Hall–Kier alpha value is -2.44. The summed E-state index contributed by atoms with van der Waals surface area (Å²) in [6, 6.07) is 4.81. The number of carbonyl (C=O) groups excluding carboxylic acids is 1. The fourth-order valence-electron chi connectivity index (χ4n) is 2.19. The summed E-state index contributed by atoms with van der Waals surface area (Å²) in [6.07, 6.45) is 1.17. The number of halogens is 5. The van der Waals surface area contributed by atoms with Crippen molar-refractivity contribution < 1.29 is 31.5 Å². The van der Waals surface area contributed by atoms with Crippen LogP contribution in [-0.2, 0) is 6.42 Å². The van der Waals surface area contributed by atoms with E-state index in [0.29, 0.717) is 24.0 Å². The van der Waals surface area contributed by atoms with Crippen LogP contribution in [-0.4, -0.2) is 5.97 Å². The van der Waals surface area contributed by atoms with Crippen molar-refractivity contribution in [1.29, 1.82) is 0 Å². The lowest BCUT2D eigenvalue weighted by Gasteiger charge is -2.12. The number of hydrogen-bond donors (Lipinski definition) is 0. The molecule has 0 fully saturated rings. The van der Waals surface area contributed by atoms with Crippen molar-refractivity contribution in [2.75, 3.05) is 0 Å². The zero-order chi connectivity index (χ0) is 18.0. The first-order chi connectivity index (χ1) is 11.3. The van der Waals surface area contributed by atoms with Gasteiger partial charge in [0.15, 0.2) is 0 Å². The molecule has 2 aromatic rings. The van der Waals surface area contributed by atoms with Gasteiger partial charge in [-0.15, -0.1) is 0 Å². The fraction of sp³-hybridized carbons (Fsp3) is 0.235. The van der Waals surface area contributed by atoms with Gasteiger partial charge in [-0.2, -0.15) is 8.78 Å². The van der Waals surface area contributed by atoms with Gasteiger partial charge in [0.2, 0.25) is 34.8 Å². The zero-order valence-corrected chi connectivity index (χ0v) is 12.9. The second-order valence-corrected chi connectivity index (χ2v) is 5.20. The summed E-state index contributed by atoms with van der Waals surface area (Å²) in [7, 11) is 0. The lowest BCUT2D eigenvalue weighted by Crippen LogP contribution is -2.15. The SMILES string of the molecule is CCCc1ccc(C)cc1C(=O)Oc1c(F)c(F)c(F)c(F)c1F. The molecule has 0 aromatic heterocycles. The summed E-state index contributed by atoms with van der Waals surface area (Å²) < 4.78 is 71.0. The van der Waals surface area contributed by atoms with Gasteiger partial charge < -0.3 is 4.74 Å². The predicted molar refractivity (Wildman–Crippen MR) is 76.4 cm³/mol. The summed E-state index contributed by atoms with van der Waals surface area (Å²) in [5.74, 6) is -13.8. The van der Waals surface area contributed by atoms with Crippen molar-refractivity contribution in [1.82, 2.24) is 0 Å². The molecular weight excluding hydrogens is 331 g/mol. The normalized spacial score (nSPS) is 10.8. The van der Waals surface area contributed by atoms with Gasteiger partial charge >= 0.3 is 5.97 Å². The Morgan fingerprint density at radius 3 is 2.04 bits per heavy atom. The van der Waals surface area contributed by atoms with E-state index in [0.717, 1.165) is 0 Å². The minimum Gasteiger partial charge on any atom is -0.416 e. The highest BCUT2D eigenvalue weighted by molar-refractivity contribution is 5.93. The molecule has 0 N–H and O–H groups in total. The van der Waals surface area contributed by atoms with Crippen LogP contribution in [0.15, 0.2) is 18.2 Å². The van der Waals surface area contributed by atoms with E-state index < -0.39 is 40.8 Å². The van der Waals surface area contributed by atoms with Crippen LogP contribution in [0.4, 0.5) is 22.0 Å². The van der Waals surface area contributed by atoms with E-state index in [-0.39, 0.29) is 5.56 Å². The third-order valence-corrected chi connectivity index (χ3v) is 3.37. The lowest BCUT2D eigenvalue weighted by molar-refractivity contribution is 0.0714. The molecule has 0 aliphatic carbocycles. The van der Waals surface area contributed by atoms with Crippen LogP contribution in [0, 0.1) is 36.0 Å². The maximum atomic E-state index is 13.6. The number of rotatable bonds is 4. The topological polar surface area (TPSA) is 26.3 Å². The Morgan fingerprint density at radius 2 is 1.50 bits per heavy atom. The molecule has 0 saturated heterocycles. The molecule has 0 amide bonds. The molecule has 0 bridgehead atoms. The Morgan fingerprint density at radius 1 is 0.958 bits per heavy atom. The van der Waals surface area contributed by atoms with Gasteiger partial charge in [-0.05, 0) is 25.0 Å². The molecule has 0 aliphatic heterocycles. The Kier molecular flexibility index (Phi) is 5.21. The van der Waals surface area contributed by atoms with Crippen molar-refractivity contribution in [3.05, 3.63) is 64.0 Å². The molecule has 24 heavy (non-hydrogen) atoms. The van der Waals surface area contributed by atoms with Crippen LogP contribution in [0.3, 0.4) is 0 Å². The number of carbonyl (C=O) groups is 1. The molecule has 0 atom stereocenters. The molecule has 0 unspecified atom stereocenters. The third kappa shape index (κ3) is 3.25. The van der Waals surface area contributed by atoms with Gasteiger partial charge in [0, 0.05) is 0 Å². The molecule has 7 heteroatoms. The highest BCUT2D eigenvalue weighted by Crippen LogP contribution is 2.30. The quantitative estimate of drug-likeness (QED) is 0.260. The maximum absolute atomic E-state index is 13.6. The first kappa shape index (κ1) is 17.9. The summed E-state index contributed by atoms with van der Waals surface area (Å²) in [5.41, 5.74) is 1.25. The van der Waals surface area contributed by atoms with Crippen LogP contribution in [0.5, 0.6) is 5.75 Å². The Labute approximate surface area is 134 Å². The lowest BCUT2D eigenvalue weighted by atomic mass is 10.0. The van der Waals surface area contributed by atoms with Crippen molar-refractivity contribution in [2.45, 2.75) is 26.7 Å². The zero-order valence-electron chi connectivity index (χ0n) is 12.9. The minimum absolute atomic E-state index is 0.0146. The summed E-state index contributed by atoms with van der Waals surface area (Å²) in [5, 5.41) is 0. The minimum atomic E-state index is -2.31.